The number of hydrogen-bond acceptors (Lipinski definition) is 6. The molecule has 1 fully saturated rings. The lowest BCUT2D eigenvalue weighted by Gasteiger charge is -2.36. The summed E-state index contributed by atoms with van der Waals surface area (Å²) in [4.78, 5) is 25.2. The van der Waals surface area contributed by atoms with Crippen LogP contribution in [0.2, 0.25) is 0 Å². The molecule has 200 valence electrons. The number of ketones is 2. The Bertz CT molecular complexity index is 1140. The Hall–Kier alpha value is -3.16. The van der Waals surface area contributed by atoms with Gasteiger partial charge in [-0.25, -0.2) is 0 Å². The molecule has 0 amide bonds. The first kappa shape index (κ1) is 27.9. The van der Waals surface area contributed by atoms with Crippen LogP contribution in [-0.2, 0) is 48.4 Å². The summed E-state index contributed by atoms with van der Waals surface area (Å²) in [5.74, 6) is -1.41. The second-order valence-electron chi connectivity index (χ2n) is 9.82. The highest BCUT2D eigenvalue weighted by molar-refractivity contribution is 6.01. The van der Waals surface area contributed by atoms with Crippen molar-refractivity contribution >= 4 is 11.6 Å². The van der Waals surface area contributed by atoms with E-state index in [2.05, 4.69) is 0 Å². The van der Waals surface area contributed by atoms with Gasteiger partial charge in [-0.15, -0.1) is 0 Å². The summed E-state index contributed by atoms with van der Waals surface area (Å²) < 4.78 is 25.4. The lowest BCUT2D eigenvalue weighted by Crippen LogP contribution is -2.51. The van der Waals surface area contributed by atoms with Gasteiger partial charge >= 0.3 is 0 Å². The molecule has 0 N–H and O–H groups in total. The van der Waals surface area contributed by atoms with Crippen LogP contribution in [0.5, 0.6) is 0 Å². The topological polar surface area (TPSA) is 71.1 Å². The molecule has 0 aliphatic carbocycles. The van der Waals surface area contributed by atoms with Gasteiger partial charge in [0.1, 0.15) is 35.3 Å². The van der Waals surface area contributed by atoms with Crippen LogP contribution in [-0.4, -0.2) is 42.6 Å². The summed E-state index contributed by atoms with van der Waals surface area (Å²) in [5.41, 5.74) is 2.17. The fourth-order valence-corrected chi connectivity index (χ4v) is 4.95. The van der Waals surface area contributed by atoms with Crippen LogP contribution in [0.25, 0.3) is 0 Å². The van der Waals surface area contributed by atoms with Gasteiger partial charge in [0.25, 0.3) is 0 Å². The molecule has 0 aromatic heterocycles. The highest BCUT2D eigenvalue weighted by Crippen LogP contribution is 2.39. The number of carbonyl (C=O) groups is 2. The van der Waals surface area contributed by atoms with Crippen LogP contribution in [0, 0.1) is 5.92 Å². The third-order valence-corrected chi connectivity index (χ3v) is 6.96. The van der Waals surface area contributed by atoms with Gasteiger partial charge in [0.15, 0.2) is 0 Å². The van der Waals surface area contributed by atoms with E-state index < -0.39 is 23.7 Å². The maximum Gasteiger partial charge on any atom is 0.142 e. The van der Waals surface area contributed by atoms with Gasteiger partial charge in [0, 0.05) is 13.0 Å². The summed E-state index contributed by atoms with van der Waals surface area (Å²) in [6.45, 7) is 4.56. The fraction of sp³-hybridized carbons (Fsp3) is 0.375. The van der Waals surface area contributed by atoms with Crippen LogP contribution >= 0.6 is 0 Å². The highest BCUT2D eigenvalue weighted by Gasteiger charge is 2.55. The zero-order chi connectivity index (χ0) is 26.8. The molecule has 0 radical (unpaired) electrons. The minimum Gasteiger partial charge on any atom is -0.377 e. The molecule has 1 aliphatic rings. The molecule has 3 atom stereocenters. The van der Waals surface area contributed by atoms with Gasteiger partial charge in [0.2, 0.25) is 0 Å². The zero-order valence-electron chi connectivity index (χ0n) is 22.1. The van der Waals surface area contributed by atoms with Gasteiger partial charge in [-0.2, -0.15) is 0 Å². The monoisotopic (exact) mass is 516 g/mol. The van der Waals surface area contributed by atoms with Crippen LogP contribution in [0.15, 0.2) is 91.0 Å². The van der Waals surface area contributed by atoms with Crippen LogP contribution in [0.1, 0.15) is 37.0 Å². The number of rotatable bonds is 14. The van der Waals surface area contributed by atoms with Gasteiger partial charge in [0.05, 0.1) is 26.4 Å². The molecule has 1 aliphatic heterocycles. The molecule has 1 heterocycles. The Labute approximate surface area is 224 Å². The second kappa shape index (κ2) is 13.6. The third kappa shape index (κ3) is 7.23. The molecule has 6 heteroatoms. The third-order valence-electron chi connectivity index (χ3n) is 6.96. The Morgan fingerprint density at radius 2 is 1.29 bits per heavy atom. The van der Waals surface area contributed by atoms with Crippen molar-refractivity contribution in [3.8, 4) is 0 Å². The lowest BCUT2D eigenvalue weighted by molar-refractivity contribution is -0.157. The molecule has 0 bridgehead atoms. The van der Waals surface area contributed by atoms with E-state index >= 15 is 0 Å². The molecule has 3 aromatic carbocycles. The van der Waals surface area contributed by atoms with Crippen molar-refractivity contribution in [3.05, 3.63) is 108 Å². The molecular weight excluding hydrogens is 480 g/mol. The number of benzene rings is 3. The second-order valence-corrected chi connectivity index (χ2v) is 9.82. The average Bonchev–Trinajstić information content (AvgIpc) is 3.27. The zero-order valence-corrected chi connectivity index (χ0v) is 22.1. The van der Waals surface area contributed by atoms with Gasteiger partial charge < -0.3 is 18.9 Å². The molecule has 6 nitrogen and oxygen atoms in total. The summed E-state index contributed by atoms with van der Waals surface area (Å²) in [7, 11) is 0. The Morgan fingerprint density at radius 3 is 1.82 bits per heavy atom. The number of ether oxygens (including phenoxy) is 4. The van der Waals surface area contributed by atoms with Crippen LogP contribution in [0.3, 0.4) is 0 Å². The Morgan fingerprint density at radius 1 is 0.789 bits per heavy atom. The normalized spacial score (nSPS) is 21.0. The molecule has 4 rings (SSSR count). The molecular formula is C32H36O6. The van der Waals surface area contributed by atoms with Crippen molar-refractivity contribution in [2.24, 2.45) is 5.92 Å². The maximum absolute atomic E-state index is 12.6. The van der Waals surface area contributed by atoms with E-state index in [-0.39, 0.29) is 18.2 Å². The van der Waals surface area contributed by atoms with E-state index in [1.54, 1.807) is 0 Å². The predicted molar refractivity (Wildman–Crippen MR) is 144 cm³/mol. The lowest BCUT2D eigenvalue weighted by atomic mass is 9.84. The summed E-state index contributed by atoms with van der Waals surface area (Å²) in [5, 5.41) is 0. The molecule has 1 saturated heterocycles. The van der Waals surface area contributed by atoms with E-state index in [1.165, 1.54) is 13.8 Å². The number of carbonyl (C=O) groups excluding carboxylic acids is 2. The van der Waals surface area contributed by atoms with Crippen molar-refractivity contribution in [1.29, 1.82) is 0 Å². The van der Waals surface area contributed by atoms with Gasteiger partial charge in [-0.1, -0.05) is 91.0 Å². The first-order chi connectivity index (χ1) is 18.5. The van der Waals surface area contributed by atoms with Crippen molar-refractivity contribution < 1.29 is 28.5 Å². The largest absolute Gasteiger partial charge is 0.377 e. The van der Waals surface area contributed by atoms with Crippen LogP contribution in [0.4, 0.5) is 0 Å². The minimum atomic E-state index is -0.928. The first-order valence-electron chi connectivity index (χ1n) is 13.1. The molecule has 0 spiro atoms. The SMILES string of the molecule is CC(=O)C(C(C)=O)C1OCC(CCOCc2ccccc2)(OCc2ccccc2)C1OCc1ccccc1. The smallest absolute Gasteiger partial charge is 0.142 e. The van der Waals surface area contributed by atoms with Crippen molar-refractivity contribution in [2.45, 2.75) is 57.9 Å². The van der Waals surface area contributed by atoms with E-state index in [9.17, 15) is 9.59 Å². The van der Waals surface area contributed by atoms with E-state index in [1.807, 2.05) is 91.0 Å². The maximum atomic E-state index is 12.6. The minimum absolute atomic E-state index is 0.190. The number of hydrogen-bond donors (Lipinski definition) is 0. The molecule has 3 aromatic rings. The summed E-state index contributed by atoms with van der Waals surface area (Å²) in [6.07, 6.45) is -0.923. The number of Topliss-reactive ketones (excluding diaryl/α,β-unsaturated/α-hetero) is 2. The van der Waals surface area contributed by atoms with Crippen LogP contribution < -0.4 is 0 Å². The standard InChI is InChI=1S/C32H36O6/c1-24(33)29(25(2)34)30-31(36-21-27-14-8-4-9-15-27)32(23-37-30,38-22-28-16-10-5-11-17-28)18-19-35-20-26-12-6-3-7-13-26/h3-17,29-31H,18-23H2,1-2H3. The van der Waals surface area contributed by atoms with Gasteiger partial charge in [-0.05, 0) is 30.5 Å². The molecule has 0 saturated carbocycles. The van der Waals surface area contributed by atoms with E-state index in [4.69, 9.17) is 18.9 Å². The Balaban J connectivity index is 1.58. The fourth-order valence-electron chi connectivity index (χ4n) is 4.95. The van der Waals surface area contributed by atoms with Crippen molar-refractivity contribution in [2.75, 3.05) is 13.2 Å². The molecule has 3 unspecified atom stereocenters. The first-order valence-corrected chi connectivity index (χ1v) is 13.1. The Kier molecular flexibility index (Phi) is 9.96. The van der Waals surface area contributed by atoms with E-state index in [0.717, 1.165) is 16.7 Å². The van der Waals surface area contributed by atoms with Gasteiger partial charge in [-0.3, -0.25) is 9.59 Å². The van der Waals surface area contributed by atoms with Crippen molar-refractivity contribution in [1.82, 2.24) is 0 Å². The molecule has 38 heavy (non-hydrogen) atoms. The predicted octanol–water partition coefficient (Wildman–Crippen LogP) is 5.33. The highest BCUT2D eigenvalue weighted by atomic mass is 16.6. The summed E-state index contributed by atoms with van der Waals surface area (Å²) >= 11 is 0. The average molecular weight is 517 g/mol. The summed E-state index contributed by atoms with van der Waals surface area (Å²) in [6, 6.07) is 29.7. The van der Waals surface area contributed by atoms with E-state index in [0.29, 0.717) is 32.8 Å². The van der Waals surface area contributed by atoms with Crippen molar-refractivity contribution in [3.63, 3.8) is 0 Å². The quantitative estimate of drug-likeness (QED) is 0.213.